The average Bonchev–Trinajstić information content (AvgIpc) is 2.88. The molecule has 0 radical (unpaired) electrons. The molecule has 4 atom stereocenters. The van der Waals surface area contributed by atoms with Crippen LogP contribution in [-0.2, 0) is 42.9 Å². The number of hydrogen-bond donors (Lipinski definition) is 1. The van der Waals surface area contributed by atoms with Crippen LogP contribution in [0.1, 0.15) is 131 Å². The van der Waals surface area contributed by atoms with Gasteiger partial charge in [-0.1, -0.05) is 90.9 Å². The number of carboxylic acids is 1. The van der Waals surface area contributed by atoms with E-state index in [1.807, 2.05) is 0 Å². The van der Waals surface area contributed by atoms with Crippen molar-refractivity contribution in [3.05, 3.63) is 0 Å². The van der Waals surface area contributed by atoms with E-state index >= 15 is 0 Å². The van der Waals surface area contributed by atoms with E-state index in [1.54, 1.807) is 0 Å². The molecule has 0 aliphatic heterocycles. The molecular weight excluding hydrogens is 520 g/mol. The summed E-state index contributed by atoms with van der Waals surface area (Å²) in [4.78, 5) is 58.9. The van der Waals surface area contributed by atoms with Gasteiger partial charge in [0.25, 0.3) is 0 Å². The van der Waals surface area contributed by atoms with Gasteiger partial charge in [-0.25, -0.2) is 19.2 Å². The molecule has 0 aliphatic rings. The molecule has 0 bridgehead atoms. The van der Waals surface area contributed by atoms with Crippen LogP contribution in [0, 0.1) is 5.92 Å². The Kier molecular flexibility index (Phi) is 20.6. The van der Waals surface area contributed by atoms with Crippen LogP contribution < -0.4 is 0 Å². The highest BCUT2D eigenvalue weighted by Gasteiger charge is 2.29. The summed E-state index contributed by atoms with van der Waals surface area (Å²) in [5.41, 5.74) is 0. The summed E-state index contributed by atoms with van der Waals surface area (Å²) in [5, 5.41) is 8.77. The van der Waals surface area contributed by atoms with Crippen LogP contribution in [-0.4, -0.2) is 59.4 Å². The summed E-state index contributed by atoms with van der Waals surface area (Å²) in [7, 11) is 0. The van der Waals surface area contributed by atoms with E-state index < -0.39 is 54.3 Å². The maximum atomic E-state index is 12.2. The Labute approximate surface area is 239 Å². The second kappa shape index (κ2) is 22.1. The number of rotatable bonds is 23. The molecule has 0 aromatic rings. The fourth-order valence-electron chi connectivity index (χ4n) is 3.85. The molecule has 0 aromatic heterocycles. The van der Waals surface area contributed by atoms with Crippen molar-refractivity contribution < 1.29 is 48.0 Å². The fraction of sp³-hybridized carbons (Fsp3) is 0.833. The van der Waals surface area contributed by atoms with E-state index in [4.69, 9.17) is 19.3 Å². The molecule has 0 heterocycles. The Bertz CT molecular complexity index is 764. The highest BCUT2D eigenvalue weighted by molar-refractivity contribution is 5.85. The predicted molar refractivity (Wildman–Crippen MR) is 149 cm³/mol. The lowest BCUT2D eigenvalue weighted by atomic mass is 10.0. The Morgan fingerprint density at radius 3 is 1.18 bits per heavy atom. The maximum absolute atomic E-state index is 12.2. The van der Waals surface area contributed by atoms with Crippen molar-refractivity contribution in [2.24, 2.45) is 5.92 Å². The van der Waals surface area contributed by atoms with E-state index in [1.165, 1.54) is 78.6 Å². The van der Waals surface area contributed by atoms with Crippen LogP contribution >= 0.6 is 0 Å². The van der Waals surface area contributed by atoms with Crippen molar-refractivity contribution in [3.8, 4) is 0 Å². The zero-order chi connectivity index (χ0) is 30.5. The van der Waals surface area contributed by atoms with Crippen LogP contribution in [0.5, 0.6) is 0 Å². The van der Waals surface area contributed by atoms with Gasteiger partial charge in [-0.3, -0.25) is 4.79 Å². The molecule has 1 N–H and O–H groups in total. The van der Waals surface area contributed by atoms with E-state index in [2.05, 4.69) is 18.6 Å². The zero-order valence-corrected chi connectivity index (χ0v) is 25.4. The standard InChI is InChI=1S/C30H52O10/c1-21(2)19-17-15-13-11-9-7-8-10-12-14-16-18-20-26(31)37-23(4)28(34)39-25(6)30(36)40-24(5)29(35)38-22(3)27(32)33/h21-25H,7-20H2,1-6H3,(H,32,33). The summed E-state index contributed by atoms with van der Waals surface area (Å²) in [5.74, 6) is -4.07. The SMILES string of the molecule is CC(C)CCCCCCCCCCCCCCC(=O)OC(C)C(=O)OC(C)C(=O)OC(C)C(=O)OC(C)C(=O)O. The minimum absolute atomic E-state index is 0.195. The van der Waals surface area contributed by atoms with Crippen molar-refractivity contribution in [3.63, 3.8) is 0 Å². The molecule has 0 saturated heterocycles. The molecule has 40 heavy (non-hydrogen) atoms. The second-order valence-corrected chi connectivity index (χ2v) is 10.9. The van der Waals surface area contributed by atoms with Crippen LogP contribution in [0.15, 0.2) is 0 Å². The van der Waals surface area contributed by atoms with E-state index in [9.17, 15) is 24.0 Å². The van der Waals surface area contributed by atoms with Crippen molar-refractivity contribution in [1.29, 1.82) is 0 Å². The van der Waals surface area contributed by atoms with Crippen LogP contribution in [0.25, 0.3) is 0 Å². The van der Waals surface area contributed by atoms with Crippen molar-refractivity contribution in [2.45, 2.75) is 156 Å². The van der Waals surface area contributed by atoms with Gasteiger partial charge in [0.1, 0.15) is 0 Å². The largest absolute Gasteiger partial charge is 0.479 e. The van der Waals surface area contributed by atoms with Gasteiger partial charge in [0.2, 0.25) is 0 Å². The number of ether oxygens (including phenoxy) is 4. The Morgan fingerprint density at radius 2 is 0.800 bits per heavy atom. The monoisotopic (exact) mass is 572 g/mol. The van der Waals surface area contributed by atoms with Crippen molar-refractivity contribution >= 4 is 29.8 Å². The number of carboxylic acid groups (broad SMARTS) is 1. The normalized spacial score (nSPS) is 14.1. The number of hydrogen-bond acceptors (Lipinski definition) is 9. The van der Waals surface area contributed by atoms with E-state index in [0.717, 1.165) is 32.1 Å². The molecule has 0 fully saturated rings. The first-order valence-electron chi connectivity index (χ1n) is 14.9. The first-order chi connectivity index (χ1) is 18.8. The van der Waals surface area contributed by atoms with Gasteiger partial charge in [-0.2, -0.15) is 0 Å². The molecule has 10 heteroatoms. The third kappa shape index (κ3) is 19.4. The number of carbonyl (C=O) groups excluding carboxylic acids is 4. The molecule has 0 saturated carbocycles. The summed E-state index contributed by atoms with van der Waals surface area (Å²) in [6.07, 6.45) is 10.4. The third-order valence-corrected chi connectivity index (χ3v) is 6.44. The van der Waals surface area contributed by atoms with Crippen molar-refractivity contribution in [2.75, 3.05) is 0 Å². The van der Waals surface area contributed by atoms with E-state index in [0.29, 0.717) is 6.42 Å². The van der Waals surface area contributed by atoms with Gasteiger partial charge >= 0.3 is 29.8 Å². The van der Waals surface area contributed by atoms with Gasteiger partial charge in [-0.05, 0) is 40.0 Å². The number of carbonyl (C=O) groups is 5. The minimum Gasteiger partial charge on any atom is -0.479 e. The lowest BCUT2D eigenvalue weighted by Crippen LogP contribution is -2.37. The highest BCUT2D eigenvalue weighted by atomic mass is 16.6. The van der Waals surface area contributed by atoms with Gasteiger partial charge in [-0.15, -0.1) is 0 Å². The van der Waals surface area contributed by atoms with Gasteiger partial charge in [0.05, 0.1) is 0 Å². The maximum Gasteiger partial charge on any atom is 0.347 e. The molecule has 0 spiro atoms. The number of unbranched alkanes of at least 4 members (excludes halogenated alkanes) is 11. The Hall–Kier alpha value is -2.65. The van der Waals surface area contributed by atoms with Gasteiger partial charge in [0, 0.05) is 6.42 Å². The van der Waals surface area contributed by atoms with Crippen LogP contribution in [0.4, 0.5) is 0 Å². The second-order valence-electron chi connectivity index (χ2n) is 10.9. The lowest BCUT2D eigenvalue weighted by molar-refractivity contribution is -0.184. The molecule has 0 rings (SSSR count). The Balaban J connectivity index is 3.94. The molecule has 10 nitrogen and oxygen atoms in total. The van der Waals surface area contributed by atoms with E-state index in [-0.39, 0.29) is 6.42 Å². The molecule has 0 aromatic carbocycles. The molecule has 0 aliphatic carbocycles. The number of aliphatic carboxylic acids is 1. The quantitative estimate of drug-likeness (QED) is 0.0891. The molecule has 4 unspecified atom stereocenters. The third-order valence-electron chi connectivity index (χ3n) is 6.44. The summed E-state index contributed by atoms with van der Waals surface area (Å²) < 4.78 is 19.6. The molecule has 232 valence electrons. The zero-order valence-electron chi connectivity index (χ0n) is 25.4. The smallest absolute Gasteiger partial charge is 0.347 e. The number of esters is 4. The lowest BCUT2D eigenvalue weighted by Gasteiger charge is -2.19. The van der Waals surface area contributed by atoms with Crippen LogP contribution in [0.2, 0.25) is 0 Å². The minimum atomic E-state index is -1.41. The highest BCUT2D eigenvalue weighted by Crippen LogP contribution is 2.15. The van der Waals surface area contributed by atoms with Crippen molar-refractivity contribution in [1.82, 2.24) is 0 Å². The van der Waals surface area contributed by atoms with Crippen LogP contribution in [0.3, 0.4) is 0 Å². The molecule has 0 amide bonds. The molecular formula is C30H52O10. The van der Waals surface area contributed by atoms with Gasteiger partial charge in [0.15, 0.2) is 24.4 Å². The first-order valence-corrected chi connectivity index (χ1v) is 14.9. The Morgan fingerprint density at radius 1 is 0.475 bits per heavy atom. The summed E-state index contributed by atoms with van der Waals surface area (Å²) in [6, 6.07) is 0. The fourth-order valence-corrected chi connectivity index (χ4v) is 3.85. The predicted octanol–water partition coefficient (Wildman–Crippen LogP) is 5.92. The summed E-state index contributed by atoms with van der Waals surface area (Å²) in [6.45, 7) is 9.49. The average molecular weight is 573 g/mol. The summed E-state index contributed by atoms with van der Waals surface area (Å²) >= 11 is 0. The topological polar surface area (TPSA) is 143 Å². The van der Waals surface area contributed by atoms with Gasteiger partial charge < -0.3 is 24.1 Å². The first kappa shape index (κ1) is 37.4.